The molecule has 2 aliphatic rings. The molecule has 0 amide bonds. The van der Waals surface area contributed by atoms with E-state index in [2.05, 4.69) is 16.8 Å². The molecule has 21 heavy (non-hydrogen) atoms. The standard InChI is InChI=1S/C16H18ClN3O/c1-10(11-8-21-9-11)13-6-19-16(20-3-2-4-20)14-7-18-15(17)5-12(13)14/h5-7,10-11H,2-4,8-9H2,1H3. The molecule has 0 spiro atoms. The summed E-state index contributed by atoms with van der Waals surface area (Å²) in [5.74, 6) is 2.05. The van der Waals surface area contributed by atoms with Crippen LogP contribution in [0.15, 0.2) is 18.5 Å². The van der Waals surface area contributed by atoms with Gasteiger partial charge in [-0.2, -0.15) is 0 Å². The number of rotatable bonds is 3. The summed E-state index contributed by atoms with van der Waals surface area (Å²) < 4.78 is 5.33. The molecule has 0 N–H and O–H groups in total. The summed E-state index contributed by atoms with van der Waals surface area (Å²) in [6, 6.07) is 1.98. The van der Waals surface area contributed by atoms with E-state index in [1.54, 1.807) is 0 Å². The van der Waals surface area contributed by atoms with Crippen LogP contribution in [-0.4, -0.2) is 36.3 Å². The van der Waals surface area contributed by atoms with Crippen LogP contribution in [0.4, 0.5) is 5.82 Å². The van der Waals surface area contributed by atoms with Gasteiger partial charge >= 0.3 is 0 Å². The number of pyridine rings is 2. The van der Waals surface area contributed by atoms with Crippen molar-refractivity contribution in [1.82, 2.24) is 9.97 Å². The normalized spacial score (nSPS) is 20.2. The Bertz CT molecular complexity index is 683. The Morgan fingerprint density at radius 2 is 2.05 bits per heavy atom. The first-order chi connectivity index (χ1) is 10.2. The maximum absolute atomic E-state index is 6.13. The Morgan fingerprint density at radius 1 is 1.24 bits per heavy atom. The fourth-order valence-electron chi connectivity index (χ4n) is 3.06. The molecule has 0 saturated carbocycles. The molecule has 110 valence electrons. The van der Waals surface area contributed by atoms with Crippen molar-refractivity contribution < 1.29 is 4.74 Å². The number of hydrogen-bond acceptors (Lipinski definition) is 4. The van der Waals surface area contributed by atoms with E-state index in [0.29, 0.717) is 17.0 Å². The Morgan fingerprint density at radius 3 is 2.67 bits per heavy atom. The molecule has 0 aliphatic carbocycles. The maximum atomic E-state index is 6.13. The van der Waals surface area contributed by atoms with E-state index < -0.39 is 0 Å². The smallest absolute Gasteiger partial charge is 0.137 e. The molecule has 0 bridgehead atoms. The molecule has 2 aromatic rings. The van der Waals surface area contributed by atoms with Gasteiger partial charge in [0.15, 0.2) is 0 Å². The van der Waals surface area contributed by atoms with E-state index in [1.165, 1.54) is 17.4 Å². The predicted molar refractivity (Wildman–Crippen MR) is 84.1 cm³/mol. The predicted octanol–water partition coefficient (Wildman–Crippen LogP) is 3.24. The van der Waals surface area contributed by atoms with Crippen molar-refractivity contribution in [3.63, 3.8) is 0 Å². The van der Waals surface area contributed by atoms with Crippen LogP contribution in [0.5, 0.6) is 0 Å². The molecule has 4 nitrogen and oxygen atoms in total. The summed E-state index contributed by atoms with van der Waals surface area (Å²) in [6.07, 6.45) is 5.13. The Kier molecular flexibility index (Phi) is 3.23. The lowest BCUT2D eigenvalue weighted by Gasteiger charge is -2.35. The van der Waals surface area contributed by atoms with E-state index in [-0.39, 0.29) is 0 Å². The summed E-state index contributed by atoms with van der Waals surface area (Å²) in [5, 5.41) is 2.84. The van der Waals surface area contributed by atoms with Crippen LogP contribution in [0.2, 0.25) is 5.15 Å². The van der Waals surface area contributed by atoms with E-state index in [1.807, 2.05) is 18.5 Å². The minimum absolute atomic E-state index is 0.428. The quantitative estimate of drug-likeness (QED) is 0.816. The highest BCUT2D eigenvalue weighted by Gasteiger charge is 2.29. The number of hydrogen-bond donors (Lipinski definition) is 0. The van der Waals surface area contributed by atoms with Gasteiger partial charge < -0.3 is 9.64 Å². The third-order valence-corrected chi connectivity index (χ3v) is 4.97. The largest absolute Gasteiger partial charge is 0.381 e. The minimum Gasteiger partial charge on any atom is -0.381 e. The van der Waals surface area contributed by atoms with Crippen LogP contribution in [0, 0.1) is 5.92 Å². The zero-order valence-corrected chi connectivity index (χ0v) is 12.8. The molecule has 2 aromatic heterocycles. The zero-order chi connectivity index (χ0) is 14.4. The summed E-state index contributed by atoms with van der Waals surface area (Å²) in [4.78, 5) is 11.3. The molecule has 4 rings (SSSR count). The van der Waals surface area contributed by atoms with Crippen molar-refractivity contribution in [2.45, 2.75) is 19.3 Å². The number of ether oxygens (including phenoxy) is 1. The van der Waals surface area contributed by atoms with Gasteiger partial charge in [0, 0.05) is 36.8 Å². The SMILES string of the molecule is CC(c1cnc(N2CCC2)c2cnc(Cl)cc12)C1COC1. The lowest BCUT2D eigenvalue weighted by Crippen LogP contribution is -2.38. The first-order valence-corrected chi connectivity index (χ1v) is 7.88. The van der Waals surface area contributed by atoms with E-state index in [0.717, 1.165) is 37.5 Å². The average Bonchev–Trinajstić information content (AvgIpc) is 2.34. The number of halogens is 1. The van der Waals surface area contributed by atoms with Crippen molar-refractivity contribution in [2.24, 2.45) is 5.92 Å². The van der Waals surface area contributed by atoms with Crippen LogP contribution in [0.25, 0.3) is 10.8 Å². The van der Waals surface area contributed by atoms with Crippen LogP contribution in [-0.2, 0) is 4.74 Å². The zero-order valence-electron chi connectivity index (χ0n) is 12.1. The van der Waals surface area contributed by atoms with Gasteiger partial charge in [0.05, 0.1) is 13.2 Å². The minimum atomic E-state index is 0.428. The molecule has 2 aliphatic heterocycles. The molecule has 2 saturated heterocycles. The van der Waals surface area contributed by atoms with Crippen molar-refractivity contribution in [3.8, 4) is 0 Å². The number of fused-ring (bicyclic) bond motifs is 1. The summed E-state index contributed by atoms with van der Waals surface area (Å²) >= 11 is 6.13. The second-order valence-corrected chi connectivity index (χ2v) is 6.40. The Balaban J connectivity index is 1.85. The molecule has 1 atom stereocenters. The van der Waals surface area contributed by atoms with Gasteiger partial charge in [-0.25, -0.2) is 9.97 Å². The summed E-state index contributed by atoms with van der Waals surface area (Å²) in [7, 11) is 0. The van der Waals surface area contributed by atoms with Crippen LogP contribution in [0.3, 0.4) is 0 Å². The molecule has 5 heteroatoms. The fourth-order valence-corrected chi connectivity index (χ4v) is 3.21. The molecular weight excluding hydrogens is 286 g/mol. The molecule has 4 heterocycles. The van der Waals surface area contributed by atoms with Gasteiger partial charge in [0.2, 0.25) is 0 Å². The number of aromatic nitrogens is 2. The van der Waals surface area contributed by atoms with Gasteiger partial charge in [0.1, 0.15) is 11.0 Å². The molecule has 1 unspecified atom stereocenters. The van der Waals surface area contributed by atoms with Crippen LogP contribution >= 0.6 is 11.6 Å². The van der Waals surface area contributed by atoms with E-state index in [9.17, 15) is 0 Å². The van der Waals surface area contributed by atoms with E-state index >= 15 is 0 Å². The lowest BCUT2D eigenvalue weighted by molar-refractivity contribution is -0.0422. The topological polar surface area (TPSA) is 38.2 Å². The molecule has 2 fully saturated rings. The summed E-state index contributed by atoms with van der Waals surface area (Å²) in [6.45, 7) is 6.10. The second-order valence-electron chi connectivity index (χ2n) is 6.02. The fraction of sp³-hybridized carbons (Fsp3) is 0.500. The lowest BCUT2D eigenvalue weighted by atomic mass is 9.85. The highest BCUT2D eigenvalue weighted by atomic mass is 35.5. The van der Waals surface area contributed by atoms with Crippen LogP contribution in [0.1, 0.15) is 24.8 Å². The Labute approximate surface area is 129 Å². The van der Waals surface area contributed by atoms with Gasteiger partial charge in [0.25, 0.3) is 0 Å². The van der Waals surface area contributed by atoms with Gasteiger partial charge in [-0.05, 0) is 29.4 Å². The van der Waals surface area contributed by atoms with Gasteiger partial charge in [-0.1, -0.05) is 18.5 Å². The molecule has 0 aromatic carbocycles. The van der Waals surface area contributed by atoms with Gasteiger partial charge in [-0.15, -0.1) is 0 Å². The van der Waals surface area contributed by atoms with Gasteiger partial charge in [-0.3, -0.25) is 0 Å². The van der Waals surface area contributed by atoms with Crippen molar-refractivity contribution in [1.29, 1.82) is 0 Å². The highest BCUT2D eigenvalue weighted by molar-refractivity contribution is 6.30. The third-order valence-electron chi connectivity index (χ3n) is 4.77. The molecular formula is C16H18ClN3O. The highest BCUT2D eigenvalue weighted by Crippen LogP contribution is 2.37. The van der Waals surface area contributed by atoms with Crippen molar-refractivity contribution in [2.75, 3.05) is 31.2 Å². The Hall–Kier alpha value is -1.39. The van der Waals surface area contributed by atoms with E-state index in [4.69, 9.17) is 21.3 Å². The second kappa shape index (κ2) is 5.11. The number of anilines is 1. The van der Waals surface area contributed by atoms with Crippen molar-refractivity contribution in [3.05, 3.63) is 29.2 Å². The number of nitrogens with zero attached hydrogens (tertiary/aromatic N) is 3. The first kappa shape index (κ1) is 13.3. The average molecular weight is 304 g/mol. The van der Waals surface area contributed by atoms with Crippen molar-refractivity contribution >= 4 is 28.2 Å². The third kappa shape index (κ3) is 2.17. The first-order valence-electron chi connectivity index (χ1n) is 7.51. The maximum Gasteiger partial charge on any atom is 0.137 e. The summed E-state index contributed by atoms with van der Waals surface area (Å²) in [5.41, 5.74) is 1.26. The molecule has 0 radical (unpaired) electrons. The van der Waals surface area contributed by atoms with Crippen LogP contribution < -0.4 is 4.90 Å². The monoisotopic (exact) mass is 303 g/mol.